The Bertz CT molecular complexity index is 1100. The zero-order valence-electron chi connectivity index (χ0n) is 18.8. The average Bonchev–Trinajstić information content (AvgIpc) is 3.16. The minimum Gasteiger partial charge on any atom is -0.494 e. The van der Waals surface area contributed by atoms with E-state index in [1.54, 1.807) is 0 Å². The fourth-order valence-electron chi connectivity index (χ4n) is 4.15. The van der Waals surface area contributed by atoms with Crippen LogP contribution in [0.2, 0.25) is 0 Å². The summed E-state index contributed by atoms with van der Waals surface area (Å²) in [5.41, 5.74) is 4.97. The van der Waals surface area contributed by atoms with Gasteiger partial charge in [-0.05, 0) is 54.2 Å². The second-order valence-electron chi connectivity index (χ2n) is 8.69. The molecule has 1 heterocycles. The molecule has 3 nitrogen and oxygen atoms in total. The number of ether oxygens (including phenoxy) is 1. The van der Waals surface area contributed by atoms with Gasteiger partial charge in [0.2, 0.25) is 0 Å². The molecular formula is C28H32N2O. The van der Waals surface area contributed by atoms with E-state index in [2.05, 4.69) is 73.9 Å². The van der Waals surface area contributed by atoms with E-state index in [0.717, 1.165) is 36.5 Å². The monoisotopic (exact) mass is 412 g/mol. The van der Waals surface area contributed by atoms with Crippen molar-refractivity contribution in [2.24, 2.45) is 5.92 Å². The van der Waals surface area contributed by atoms with Crippen molar-refractivity contribution in [1.82, 2.24) is 9.55 Å². The lowest BCUT2D eigenvalue weighted by Crippen LogP contribution is -2.11. The van der Waals surface area contributed by atoms with Gasteiger partial charge in [0.15, 0.2) is 0 Å². The van der Waals surface area contributed by atoms with Crippen molar-refractivity contribution < 1.29 is 4.74 Å². The van der Waals surface area contributed by atoms with Crippen LogP contribution in [0.25, 0.3) is 11.0 Å². The molecule has 0 aliphatic rings. The minimum atomic E-state index is 0.232. The molecule has 0 saturated carbocycles. The summed E-state index contributed by atoms with van der Waals surface area (Å²) < 4.78 is 8.28. The smallest absolute Gasteiger partial charge is 0.119 e. The molecule has 1 unspecified atom stereocenters. The predicted molar refractivity (Wildman–Crippen MR) is 129 cm³/mol. The zero-order chi connectivity index (χ0) is 21.6. The van der Waals surface area contributed by atoms with Crippen molar-refractivity contribution in [1.29, 1.82) is 0 Å². The Morgan fingerprint density at radius 3 is 2.29 bits per heavy atom. The fraction of sp³-hybridized carbons (Fsp3) is 0.321. The van der Waals surface area contributed by atoms with E-state index in [1.165, 1.54) is 16.6 Å². The van der Waals surface area contributed by atoms with E-state index in [-0.39, 0.29) is 5.92 Å². The van der Waals surface area contributed by atoms with E-state index in [0.29, 0.717) is 12.5 Å². The lowest BCUT2D eigenvalue weighted by molar-refractivity contribution is 0.301. The maximum Gasteiger partial charge on any atom is 0.119 e. The fourth-order valence-corrected chi connectivity index (χ4v) is 4.15. The summed E-state index contributed by atoms with van der Waals surface area (Å²) in [7, 11) is 0. The number of nitrogens with zero attached hydrogens (tertiary/aromatic N) is 2. The summed E-state index contributed by atoms with van der Waals surface area (Å²) >= 11 is 0. The number of benzene rings is 3. The maximum absolute atomic E-state index is 5.91. The molecule has 0 amide bonds. The number of hydrogen-bond acceptors (Lipinski definition) is 2. The van der Waals surface area contributed by atoms with Crippen LogP contribution in [-0.2, 0) is 13.0 Å². The summed E-state index contributed by atoms with van der Waals surface area (Å²) in [6, 6.07) is 27.5. The van der Waals surface area contributed by atoms with E-state index in [1.807, 2.05) is 30.3 Å². The van der Waals surface area contributed by atoms with Crippen molar-refractivity contribution in [2.75, 3.05) is 6.61 Å². The molecule has 1 aromatic heterocycles. The summed E-state index contributed by atoms with van der Waals surface area (Å²) in [4.78, 5) is 5.02. The predicted octanol–water partition coefficient (Wildman–Crippen LogP) is 6.86. The van der Waals surface area contributed by atoms with Crippen LogP contribution in [0.15, 0.2) is 78.9 Å². The zero-order valence-corrected chi connectivity index (χ0v) is 18.8. The van der Waals surface area contributed by atoms with Gasteiger partial charge in [-0.25, -0.2) is 4.98 Å². The highest BCUT2D eigenvalue weighted by Crippen LogP contribution is 2.28. The molecular weight excluding hydrogens is 380 g/mol. The van der Waals surface area contributed by atoms with Crippen LogP contribution in [0.4, 0.5) is 0 Å². The van der Waals surface area contributed by atoms with Crippen molar-refractivity contribution in [3.05, 3.63) is 95.8 Å². The van der Waals surface area contributed by atoms with Gasteiger partial charge in [0.25, 0.3) is 0 Å². The standard InChI is InChI=1S/C28H32N2O/c1-21(2)20-23-14-16-24(17-15-23)22(3)28-29-26-12-7-8-13-27(26)30(28)18-9-19-31-25-10-5-4-6-11-25/h4-8,10-17,21-22H,9,18-20H2,1-3H3. The third-order valence-corrected chi connectivity index (χ3v) is 5.73. The Morgan fingerprint density at radius 2 is 1.55 bits per heavy atom. The van der Waals surface area contributed by atoms with Gasteiger partial charge in [-0.1, -0.05) is 75.4 Å². The van der Waals surface area contributed by atoms with Crippen LogP contribution in [0.3, 0.4) is 0 Å². The van der Waals surface area contributed by atoms with E-state index < -0.39 is 0 Å². The molecule has 0 fully saturated rings. The Hall–Kier alpha value is -3.07. The number of aromatic nitrogens is 2. The van der Waals surface area contributed by atoms with E-state index >= 15 is 0 Å². The van der Waals surface area contributed by atoms with Crippen molar-refractivity contribution in [3.8, 4) is 5.75 Å². The molecule has 1 atom stereocenters. The van der Waals surface area contributed by atoms with Gasteiger partial charge in [-0.3, -0.25) is 0 Å². The van der Waals surface area contributed by atoms with E-state index in [9.17, 15) is 0 Å². The Morgan fingerprint density at radius 1 is 0.839 bits per heavy atom. The van der Waals surface area contributed by atoms with Crippen LogP contribution in [0.1, 0.15) is 50.1 Å². The Kier molecular flexibility index (Phi) is 6.71. The van der Waals surface area contributed by atoms with Gasteiger partial charge >= 0.3 is 0 Å². The first-order chi connectivity index (χ1) is 15.1. The lowest BCUT2D eigenvalue weighted by Gasteiger charge is -2.16. The summed E-state index contributed by atoms with van der Waals surface area (Å²) in [6.07, 6.45) is 2.05. The number of aryl methyl sites for hydroxylation is 1. The SMILES string of the molecule is CC(C)Cc1ccc(C(C)c2nc3ccccc3n2CCCOc2ccccc2)cc1. The van der Waals surface area contributed by atoms with Crippen molar-refractivity contribution in [2.45, 2.75) is 46.1 Å². The van der Waals surface area contributed by atoms with Crippen LogP contribution >= 0.6 is 0 Å². The molecule has 4 aromatic rings. The average molecular weight is 413 g/mol. The minimum absolute atomic E-state index is 0.232. The van der Waals surface area contributed by atoms with Crippen LogP contribution < -0.4 is 4.74 Å². The molecule has 0 bridgehead atoms. The normalized spacial score (nSPS) is 12.4. The maximum atomic E-state index is 5.91. The highest BCUT2D eigenvalue weighted by molar-refractivity contribution is 5.76. The second-order valence-corrected chi connectivity index (χ2v) is 8.69. The third-order valence-electron chi connectivity index (χ3n) is 5.73. The molecule has 0 N–H and O–H groups in total. The van der Waals surface area contributed by atoms with Crippen molar-refractivity contribution >= 4 is 11.0 Å². The topological polar surface area (TPSA) is 27.1 Å². The molecule has 0 aliphatic carbocycles. The first kappa shape index (κ1) is 21.2. The van der Waals surface area contributed by atoms with Gasteiger partial charge in [0.1, 0.15) is 11.6 Å². The first-order valence-electron chi connectivity index (χ1n) is 11.3. The molecule has 160 valence electrons. The lowest BCUT2D eigenvalue weighted by atomic mass is 9.96. The summed E-state index contributed by atoms with van der Waals surface area (Å²) in [6.45, 7) is 8.36. The molecule has 0 radical (unpaired) electrons. The van der Waals surface area contributed by atoms with Crippen LogP contribution in [-0.4, -0.2) is 16.2 Å². The number of fused-ring (bicyclic) bond motifs is 1. The molecule has 3 heteroatoms. The number of para-hydroxylation sites is 3. The second kappa shape index (κ2) is 9.82. The molecule has 0 saturated heterocycles. The van der Waals surface area contributed by atoms with Gasteiger partial charge in [-0.2, -0.15) is 0 Å². The number of imidazole rings is 1. The quantitative estimate of drug-likeness (QED) is 0.281. The van der Waals surface area contributed by atoms with Gasteiger partial charge in [0, 0.05) is 12.5 Å². The third kappa shape index (κ3) is 5.16. The van der Waals surface area contributed by atoms with Gasteiger partial charge in [-0.15, -0.1) is 0 Å². The van der Waals surface area contributed by atoms with Gasteiger partial charge in [0.05, 0.1) is 17.6 Å². The van der Waals surface area contributed by atoms with Gasteiger partial charge < -0.3 is 9.30 Å². The molecule has 4 rings (SSSR count). The first-order valence-corrected chi connectivity index (χ1v) is 11.3. The molecule has 0 aliphatic heterocycles. The summed E-state index contributed by atoms with van der Waals surface area (Å²) in [5.74, 6) is 2.95. The van der Waals surface area contributed by atoms with E-state index in [4.69, 9.17) is 9.72 Å². The van der Waals surface area contributed by atoms with Crippen LogP contribution in [0.5, 0.6) is 5.75 Å². The highest BCUT2D eigenvalue weighted by Gasteiger charge is 2.18. The summed E-state index contributed by atoms with van der Waals surface area (Å²) in [5, 5.41) is 0. The largest absolute Gasteiger partial charge is 0.494 e. The molecule has 0 spiro atoms. The van der Waals surface area contributed by atoms with Crippen molar-refractivity contribution in [3.63, 3.8) is 0 Å². The number of hydrogen-bond donors (Lipinski definition) is 0. The Balaban J connectivity index is 1.52. The molecule has 3 aromatic carbocycles. The number of rotatable bonds is 9. The molecule has 31 heavy (non-hydrogen) atoms. The Labute approximate surface area is 185 Å². The van der Waals surface area contributed by atoms with Crippen LogP contribution in [0, 0.1) is 5.92 Å². The highest BCUT2D eigenvalue weighted by atomic mass is 16.5.